The van der Waals surface area contributed by atoms with Crippen molar-refractivity contribution in [2.45, 2.75) is 19.0 Å². The minimum Gasteiger partial charge on any atom is -0.477 e. The summed E-state index contributed by atoms with van der Waals surface area (Å²) >= 11 is -0.181. The standard InChI is InChI=1S/C8H9F3N2O2S/c1-5-12-4-6(7(14)15)13(5)2-3-16-8(9,10)11/h4H,2-3H2,1H3,(H,14,15). The summed E-state index contributed by atoms with van der Waals surface area (Å²) < 4.78 is 36.8. The molecule has 4 nitrogen and oxygen atoms in total. The Hall–Kier alpha value is -1.18. The lowest BCUT2D eigenvalue weighted by atomic mass is 10.4. The molecule has 1 rings (SSSR count). The van der Waals surface area contributed by atoms with Crippen LogP contribution in [0.5, 0.6) is 0 Å². The van der Waals surface area contributed by atoms with Gasteiger partial charge in [-0.15, -0.1) is 0 Å². The Morgan fingerprint density at radius 2 is 2.25 bits per heavy atom. The second-order valence-corrected chi connectivity index (χ2v) is 4.10. The molecule has 1 heterocycles. The van der Waals surface area contributed by atoms with E-state index in [-0.39, 0.29) is 29.8 Å². The zero-order valence-corrected chi connectivity index (χ0v) is 9.10. The molecule has 0 unspecified atom stereocenters. The number of alkyl halides is 3. The first-order valence-corrected chi connectivity index (χ1v) is 5.26. The van der Waals surface area contributed by atoms with Crippen LogP contribution >= 0.6 is 11.8 Å². The van der Waals surface area contributed by atoms with Crippen molar-refractivity contribution in [3.05, 3.63) is 17.7 Å². The number of rotatable bonds is 4. The van der Waals surface area contributed by atoms with Crippen LogP contribution in [0.1, 0.15) is 16.3 Å². The van der Waals surface area contributed by atoms with Gasteiger partial charge in [0.25, 0.3) is 0 Å². The molecule has 16 heavy (non-hydrogen) atoms. The number of nitrogens with zero attached hydrogens (tertiary/aromatic N) is 2. The molecule has 0 atom stereocenters. The number of halogens is 3. The van der Waals surface area contributed by atoms with Gasteiger partial charge in [-0.05, 0) is 18.7 Å². The number of hydrogen-bond donors (Lipinski definition) is 1. The molecule has 0 aromatic carbocycles. The summed E-state index contributed by atoms with van der Waals surface area (Å²) in [5.74, 6) is -1.04. The van der Waals surface area contributed by atoms with Crippen molar-refractivity contribution in [1.29, 1.82) is 0 Å². The number of carboxylic acids is 1. The van der Waals surface area contributed by atoms with Crippen LogP contribution in [0.15, 0.2) is 6.20 Å². The van der Waals surface area contributed by atoms with Gasteiger partial charge in [-0.1, -0.05) is 0 Å². The fraction of sp³-hybridized carbons (Fsp3) is 0.500. The highest BCUT2D eigenvalue weighted by Gasteiger charge is 2.27. The molecule has 8 heteroatoms. The number of aryl methyl sites for hydroxylation is 1. The Bertz CT molecular complexity index is 389. The van der Waals surface area contributed by atoms with Crippen LogP contribution in [0.3, 0.4) is 0 Å². The normalized spacial score (nSPS) is 11.8. The lowest BCUT2D eigenvalue weighted by Crippen LogP contribution is -2.13. The SMILES string of the molecule is Cc1ncc(C(=O)O)n1CCSC(F)(F)F. The van der Waals surface area contributed by atoms with E-state index in [1.807, 2.05) is 0 Å². The molecule has 1 aromatic rings. The highest BCUT2D eigenvalue weighted by molar-refractivity contribution is 8.00. The van der Waals surface area contributed by atoms with Crippen molar-refractivity contribution in [3.63, 3.8) is 0 Å². The third-order valence-corrected chi connectivity index (χ3v) is 2.57. The Morgan fingerprint density at radius 1 is 1.62 bits per heavy atom. The summed E-state index contributed by atoms with van der Waals surface area (Å²) in [5.41, 5.74) is -4.39. The van der Waals surface area contributed by atoms with Gasteiger partial charge in [0, 0.05) is 12.3 Å². The minimum absolute atomic E-state index is 0.0301. The van der Waals surface area contributed by atoms with Crippen molar-refractivity contribution in [2.75, 3.05) is 5.75 Å². The topological polar surface area (TPSA) is 55.1 Å². The van der Waals surface area contributed by atoms with Gasteiger partial charge in [-0.25, -0.2) is 9.78 Å². The third-order valence-electron chi connectivity index (χ3n) is 1.85. The largest absolute Gasteiger partial charge is 0.477 e. The molecule has 1 aromatic heterocycles. The molecule has 0 amide bonds. The summed E-state index contributed by atoms with van der Waals surface area (Å²) in [7, 11) is 0. The summed E-state index contributed by atoms with van der Waals surface area (Å²) in [5, 5.41) is 8.75. The Balaban J connectivity index is 2.66. The summed E-state index contributed by atoms with van der Waals surface area (Å²) in [6, 6.07) is 0. The van der Waals surface area contributed by atoms with Crippen LogP contribution in [0.2, 0.25) is 0 Å². The fourth-order valence-electron chi connectivity index (χ4n) is 1.17. The quantitative estimate of drug-likeness (QED) is 0.894. The van der Waals surface area contributed by atoms with Crippen molar-refractivity contribution in [3.8, 4) is 0 Å². The second kappa shape index (κ2) is 4.77. The predicted octanol–water partition coefficient (Wildman–Crippen LogP) is 2.14. The summed E-state index contributed by atoms with van der Waals surface area (Å²) in [4.78, 5) is 14.4. The first-order valence-electron chi connectivity index (χ1n) is 4.27. The first kappa shape index (κ1) is 12.9. The van der Waals surface area contributed by atoms with Crippen LogP contribution < -0.4 is 0 Å². The lowest BCUT2D eigenvalue weighted by Gasteiger charge is -2.09. The molecule has 1 N–H and O–H groups in total. The van der Waals surface area contributed by atoms with Crippen LogP contribution in [-0.2, 0) is 6.54 Å². The molecule has 0 aliphatic rings. The maximum Gasteiger partial charge on any atom is 0.441 e. The third kappa shape index (κ3) is 3.44. The van der Waals surface area contributed by atoms with Gasteiger partial charge < -0.3 is 9.67 Å². The van der Waals surface area contributed by atoms with E-state index in [1.165, 1.54) is 4.57 Å². The molecule has 0 aliphatic heterocycles. The van der Waals surface area contributed by atoms with Crippen molar-refractivity contribution >= 4 is 17.7 Å². The van der Waals surface area contributed by atoms with Crippen molar-refractivity contribution in [2.24, 2.45) is 0 Å². The number of thioether (sulfide) groups is 1. The van der Waals surface area contributed by atoms with Crippen molar-refractivity contribution < 1.29 is 23.1 Å². The van der Waals surface area contributed by atoms with Gasteiger partial charge in [0.1, 0.15) is 11.5 Å². The average molecular weight is 254 g/mol. The van der Waals surface area contributed by atoms with E-state index in [1.54, 1.807) is 6.92 Å². The maximum absolute atomic E-state index is 11.9. The number of carbonyl (C=O) groups is 1. The smallest absolute Gasteiger partial charge is 0.441 e. The summed E-state index contributed by atoms with van der Waals surface area (Å²) in [6.07, 6.45) is 1.13. The Kier molecular flexibility index (Phi) is 3.84. The molecule has 90 valence electrons. The van der Waals surface area contributed by atoms with Gasteiger partial charge in [0.15, 0.2) is 0 Å². The maximum atomic E-state index is 11.9. The molecule has 0 spiro atoms. The summed E-state index contributed by atoms with van der Waals surface area (Å²) in [6.45, 7) is 1.52. The van der Waals surface area contributed by atoms with Gasteiger partial charge in [-0.3, -0.25) is 0 Å². The van der Waals surface area contributed by atoms with Crippen molar-refractivity contribution in [1.82, 2.24) is 9.55 Å². The predicted molar refractivity (Wildman–Crippen MR) is 52.4 cm³/mol. The number of imidazole rings is 1. The van der Waals surface area contributed by atoms with E-state index in [0.29, 0.717) is 5.82 Å². The van der Waals surface area contributed by atoms with Crippen LogP contribution in [-0.4, -0.2) is 31.9 Å². The molecule has 0 bridgehead atoms. The molecular formula is C8H9F3N2O2S. The fourth-order valence-corrected chi connectivity index (χ4v) is 1.68. The monoisotopic (exact) mass is 254 g/mol. The molecule has 0 radical (unpaired) electrons. The minimum atomic E-state index is -4.29. The molecule has 0 aliphatic carbocycles. The zero-order chi connectivity index (χ0) is 12.3. The number of hydrogen-bond acceptors (Lipinski definition) is 3. The highest BCUT2D eigenvalue weighted by Crippen LogP contribution is 2.30. The number of aromatic nitrogens is 2. The molecule has 0 saturated heterocycles. The molecule has 0 fully saturated rings. The second-order valence-electron chi connectivity index (χ2n) is 2.94. The van der Waals surface area contributed by atoms with E-state index in [4.69, 9.17) is 5.11 Å². The van der Waals surface area contributed by atoms with Gasteiger partial charge in [0.05, 0.1) is 6.20 Å². The van der Waals surface area contributed by atoms with Crippen LogP contribution in [0.4, 0.5) is 13.2 Å². The first-order chi connectivity index (χ1) is 7.31. The molecule has 0 saturated carbocycles. The number of aromatic carboxylic acids is 1. The Morgan fingerprint density at radius 3 is 2.75 bits per heavy atom. The molecular weight excluding hydrogens is 245 g/mol. The number of carboxylic acid groups (broad SMARTS) is 1. The Labute approximate surface area is 93.5 Å². The van der Waals surface area contributed by atoms with E-state index >= 15 is 0 Å². The van der Waals surface area contributed by atoms with Crippen LogP contribution in [0, 0.1) is 6.92 Å². The van der Waals surface area contributed by atoms with E-state index in [0.717, 1.165) is 6.20 Å². The van der Waals surface area contributed by atoms with Gasteiger partial charge in [0.2, 0.25) is 0 Å². The van der Waals surface area contributed by atoms with E-state index < -0.39 is 11.5 Å². The lowest BCUT2D eigenvalue weighted by molar-refractivity contribution is -0.0328. The van der Waals surface area contributed by atoms with Crippen LogP contribution in [0.25, 0.3) is 0 Å². The van der Waals surface area contributed by atoms with E-state index in [9.17, 15) is 18.0 Å². The average Bonchev–Trinajstić information content (AvgIpc) is 2.46. The zero-order valence-electron chi connectivity index (χ0n) is 8.28. The van der Waals surface area contributed by atoms with E-state index in [2.05, 4.69) is 4.98 Å². The highest BCUT2D eigenvalue weighted by atomic mass is 32.2. The van der Waals surface area contributed by atoms with Gasteiger partial charge >= 0.3 is 11.5 Å². The van der Waals surface area contributed by atoms with Gasteiger partial charge in [-0.2, -0.15) is 13.2 Å².